The second kappa shape index (κ2) is 2.48. The van der Waals surface area contributed by atoms with Crippen LogP contribution in [0.25, 0.3) is 11.0 Å². The van der Waals surface area contributed by atoms with Crippen LogP contribution in [0.3, 0.4) is 0 Å². The van der Waals surface area contributed by atoms with E-state index in [0.29, 0.717) is 0 Å². The third kappa shape index (κ3) is 0.914. The van der Waals surface area contributed by atoms with Crippen LogP contribution in [0.4, 0.5) is 5.69 Å². The van der Waals surface area contributed by atoms with Gasteiger partial charge in [0.25, 0.3) is 0 Å². The van der Waals surface area contributed by atoms with E-state index >= 15 is 0 Å². The number of fused-ring (bicyclic) bond motifs is 1. The van der Waals surface area contributed by atoms with Gasteiger partial charge < -0.3 is 10.3 Å². The van der Waals surface area contributed by atoms with Crippen molar-refractivity contribution < 1.29 is 0 Å². The molecule has 0 saturated heterocycles. The minimum absolute atomic E-state index is 0.751. The number of rotatable bonds is 0. The average molecular weight is 226 g/mol. The highest BCUT2D eigenvalue weighted by atomic mass is 79.9. The molecular formula is C8H8BrN3. The Labute approximate surface area is 78.3 Å². The Kier molecular flexibility index (Phi) is 1.58. The van der Waals surface area contributed by atoms with Crippen LogP contribution in [0.5, 0.6) is 0 Å². The minimum Gasteiger partial charge on any atom is -0.397 e. The lowest BCUT2D eigenvalue weighted by molar-refractivity contribution is 0.948. The van der Waals surface area contributed by atoms with E-state index in [-0.39, 0.29) is 0 Å². The van der Waals surface area contributed by atoms with Crippen LogP contribution in [0.15, 0.2) is 22.9 Å². The van der Waals surface area contributed by atoms with Crippen LogP contribution < -0.4 is 5.73 Å². The van der Waals surface area contributed by atoms with E-state index in [4.69, 9.17) is 5.73 Å². The quantitative estimate of drug-likeness (QED) is 0.745. The number of pyridine rings is 1. The van der Waals surface area contributed by atoms with Crippen molar-refractivity contribution in [3.8, 4) is 0 Å². The Morgan fingerprint density at radius 2 is 2.33 bits per heavy atom. The van der Waals surface area contributed by atoms with E-state index in [2.05, 4.69) is 20.9 Å². The maximum atomic E-state index is 5.83. The van der Waals surface area contributed by atoms with Gasteiger partial charge in [-0.2, -0.15) is 0 Å². The van der Waals surface area contributed by atoms with Gasteiger partial charge in [0.05, 0.1) is 10.2 Å². The molecule has 0 bridgehead atoms. The number of nitrogens with two attached hydrogens (primary N) is 1. The SMILES string of the molecule is Cn1ccc2c(N)c(Br)cnc21. The van der Waals surface area contributed by atoms with Crippen LogP contribution in [0.1, 0.15) is 0 Å². The summed E-state index contributed by atoms with van der Waals surface area (Å²) in [5.41, 5.74) is 7.49. The first-order valence-corrected chi connectivity index (χ1v) is 4.34. The average Bonchev–Trinajstić information content (AvgIpc) is 2.41. The number of hydrogen-bond donors (Lipinski definition) is 1. The molecule has 3 nitrogen and oxygen atoms in total. The Morgan fingerprint density at radius 3 is 3.08 bits per heavy atom. The summed E-state index contributed by atoms with van der Waals surface area (Å²) in [5.74, 6) is 0. The third-order valence-electron chi connectivity index (χ3n) is 1.89. The van der Waals surface area contributed by atoms with E-state index < -0.39 is 0 Å². The molecule has 4 heteroatoms. The maximum absolute atomic E-state index is 5.83. The summed E-state index contributed by atoms with van der Waals surface area (Å²) in [6.45, 7) is 0. The molecule has 0 aliphatic carbocycles. The van der Waals surface area contributed by atoms with Crippen molar-refractivity contribution >= 4 is 32.7 Å². The standard InChI is InChI=1S/C8H8BrN3/c1-12-3-2-5-7(10)6(9)4-11-8(5)12/h2-4H,1H3,(H2,10,11). The van der Waals surface area contributed by atoms with Crippen molar-refractivity contribution in [1.82, 2.24) is 9.55 Å². The van der Waals surface area contributed by atoms with Crippen LogP contribution in [-0.4, -0.2) is 9.55 Å². The molecule has 0 fully saturated rings. The van der Waals surface area contributed by atoms with Gasteiger partial charge in [-0.05, 0) is 22.0 Å². The Bertz CT molecular complexity index is 433. The monoisotopic (exact) mass is 225 g/mol. The van der Waals surface area contributed by atoms with Crippen LogP contribution in [0, 0.1) is 0 Å². The van der Waals surface area contributed by atoms with Gasteiger partial charge in [-0.25, -0.2) is 4.98 Å². The van der Waals surface area contributed by atoms with Gasteiger partial charge in [-0.1, -0.05) is 0 Å². The number of halogens is 1. The summed E-state index contributed by atoms with van der Waals surface area (Å²) in [4.78, 5) is 4.24. The summed E-state index contributed by atoms with van der Waals surface area (Å²) in [6, 6.07) is 1.96. The molecule has 2 aromatic heterocycles. The van der Waals surface area contributed by atoms with Gasteiger partial charge in [-0.15, -0.1) is 0 Å². The normalized spacial score (nSPS) is 10.8. The van der Waals surface area contributed by atoms with E-state index in [1.165, 1.54) is 0 Å². The number of hydrogen-bond acceptors (Lipinski definition) is 2. The first-order chi connectivity index (χ1) is 5.70. The van der Waals surface area contributed by atoms with Crippen molar-refractivity contribution in [2.45, 2.75) is 0 Å². The van der Waals surface area contributed by atoms with Crippen LogP contribution in [0.2, 0.25) is 0 Å². The summed E-state index contributed by atoms with van der Waals surface area (Å²) in [5, 5.41) is 0.992. The largest absolute Gasteiger partial charge is 0.397 e. The Morgan fingerprint density at radius 1 is 1.58 bits per heavy atom. The van der Waals surface area contributed by atoms with Gasteiger partial charge in [-0.3, -0.25) is 0 Å². The van der Waals surface area contributed by atoms with Crippen molar-refractivity contribution in [1.29, 1.82) is 0 Å². The number of nitrogen functional groups attached to an aromatic ring is 1. The highest BCUT2D eigenvalue weighted by molar-refractivity contribution is 9.10. The van der Waals surface area contributed by atoms with Crippen LogP contribution in [-0.2, 0) is 7.05 Å². The fourth-order valence-electron chi connectivity index (χ4n) is 1.21. The fourth-order valence-corrected chi connectivity index (χ4v) is 1.52. The number of aromatic nitrogens is 2. The molecular weight excluding hydrogens is 218 g/mol. The van der Waals surface area contributed by atoms with E-state index in [1.54, 1.807) is 6.20 Å². The lowest BCUT2D eigenvalue weighted by atomic mass is 10.3. The van der Waals surface area contributed by atoms with E-state index in [0.717, 1.165) is 21.2 Å². The zero-order valence-electron chi connectivity index (χ0n) is 6.58. The molecule has 2 aromatic rings. The van der Waals surface area contributed by atoms with Gasteiger partial charge in [0, 0.05) is 24.8 Å². The Hall–Kier alpha value is -1.03. The molecule has 2 rings (SSSR count). The summed E-state index contributed by atoms with van der Waals surface area (Å²) < 4.78 is 2.79. The molecule has 2 N–H and O–H groups in total. The summed E-state index contributed by atoms with van der Waals surface area (Å²) in [7, 11) is 1.95. The van der Waals surface area contributed by atoms with Gasteiger partial charge in [0.1, 0.15) is 5.65 Å². The lowest BCUT2D eigenvalue weighted by Gasteiger charge is -1.99. The molecule has 62 valence electrons. The summed E-state index contributed by atoms with van der Waals surface area (Å²) in [6.07, 6.45) is 3.66. The topological polar surface area (TPSA) is 43.8 Å². The molecule has 0 saturated carbocycles. The van der Waals surface area contributed by atoms with Gasteiger partial charge in [0.15, 0.2) is 0 Å². The molecule has 0 atom stereocenters. The molecule has 2 heterocycles. The molecule has 0 amide bonds. The van der Waals surface area contributed by atoms with Gasteiger partial charge >= 0.3 is 0 Å². The molecule has 0 spiro atoms. The second-order valence-corrected chi connectivity index (χ2v) is 3.54. The molecule has 0 unspecified atom stereocenters. The highest BCUT2D eigenvalue weighted by Gasteiger charge is 2.05. The Balaban J connectivity index is 2.93. The smallest absolute Gasteiger partial charge is 0.141 e. The first-order valence-electron chi connectivity index (χ1n) is 3.55. The van der Waals surface area contributed by atoms with E-state index in [9.17, 15) is 0 Å². The number of aryl methyl sites for hydroxylation is 1. The highest BCUT2D eigenvalue weighted by Crippen LogP contribution is 2.26. The summed E-state index contributed by atoms with van der Waals surface area (Å²) >= 11 is 3.33. The van der Waals surface area contributed by atoms with E-state index in [1.807, 2.05) is 23.9 Å². The predicted molar refractivity (Wildman–Crippen MR) is 52.8 cm³/mol. The lowest BCUT2D eigenvalue weighted by Crippen LogP contribution is -1.92. The second-order valence-electron chi connectivity index (χ2n) is 2.68. The van der Waals surface area contributed by atoms with Crippen LogP contribution >= 0.6 is 15.9 Å². The fraction of sp³-hybridized carbons (Fsp3) is 0.125. The number of anilines is 1. The maximum Gasteiger partial charge on any atom is 0.141 e. The molecule has 0 radical (unpaired) electrons. The zero-order chi connectivity index (χ0) is 8.72. The predicted octanol–water partition coefficient (Wildman–Crippen LogP) is 1.92. The molecule has 0 aromatic carbocycles. The first kappa shape index (κ1) is 7.61. The third-order valence-corrected chi connectivity index (χ3v) is 2.52. The molecule has 0 aliphatic heterocycles. The number of nitrogens with zero attached hydrogens (tertiary/aromatic N) is 2. The molecule has 0 aliphatic rings. The van der Waals surface area contributed by atoms with Crippen molar-refractivity contribution in [2.24, 2.45) is 7.05 Å². The van der Waals surface area contributed by atoms with Gasteiger partial charge in [0.2, 0.25) is 0 Å². The zero-order valence-corrected chi connectivity index (χ0v) is 8.17. The minimum atomic E-state index is 0.751. The van der Waals surface area contributed by atoms with Crippen molar-refractivity contribution in [3.63, 3.8) is 0 Å². The van der Waals surface area contributed by atoms with Crippen molar-refractivity contribution in [3.05, 3.63) is 22.9 Å². The van der Waals surface area contributed by atoms with Crippen molar-refractivity contribution in [2.75, 3.05) is 5.73 Å². The molecule has 12 heavy (non-hydrogen) atoms.